The third-order valence-corrected chi connectivity index (χ3v) is 5.80. The standard InChI is InChI=1S/C20H16ClF5N4O2/c1-8-4-9(20(24,25)26)7-28-15(8)16(31)29-10-2-3-13(21)11(5-10)19(17(22)23)12-6-14(12)32-18(27)30-19/h2-5,7,12,14,17H,6H2,1H3,(H2,27,30)(H,29,31)/t12-,14+,19+/m0/s1. The number of amides is 1. The number of carbonyl (C=O) groups excluding carboxylic acids is 1. The van der Waals surface area contributed by atoms with E-state index in [2.05, 4.69) is 15.3 Å². The molecule has 0 unspecified atom stereocenters. The van der Waals surface area contributed by atoms with Gasteiger partial charge in [0.05, 0.1) is 5.56 Å². The van der Waals surface area contributed by atoms with Gasteiger partial charge in [-0.2, -0.15) is 13.2 Å². The Morgan fingerprint density at radius 1 is 1.34 bits per heavy atom. The number of aromatic nitrogens is 1. The fourth-order valence-corrected chi connectivity index (χ4v) is 4.14. The molecule has 0 radical (unpaired) electrons. The molecule has 32 heavy (non-hydrogen) atoms. The third kappa shape index (κ3) is 3.74. The Hall–Kier alpha value is -2.95. The smallest absolute Gasteiger partial charge is 0.417 e. The lowest BCUT2D eigenvalue weighted by Crippen LogP contribution is -2.43. The highest BCUT2D eigenvalue weighted by Gasteiger charge is 2.64. The number of aliphatic imine (C=N–C) groups is 1. The van der Waals surface area contributed by atoms with E-state index in [9.17, 15) is 26.7 Å². The molecule has 1 aromatic carbocycles. The van der Waals surface area contributed by atoms with Gasteiger partial charge in [-0.3, -0.25) is 9.78 Å². The molecule has 2 aromatic rings. The average Bonchev–Trinajstić information content (AvgIpc) is 3.47. The van der Waals surface area contributed by atoms with E-state index in [1.165, 1.54) is 25.1 Å². The third-order valence-electron chi connectivity index (χ3n) is 5.47. The van der Waals surface area contributed by atoms with Crippen molar-refractivity contribution in [2.24, 2.45) is 16.6 Å². The van der Waals surface area contributed by atoms with Crippen LogP contribution in [-0.4, -0.2) is 29.4 Å². The summed E-state index contributed by atoms with van der Waals surface area (Å²) in [4.78, 5) is 20.1. The van der Waals surface area contributed by atoms with Crippen LogP contribution in [0.15, 0.2) is 35.5 Å². The Bertz CT molecular complexity index is 1120. The second kappa shape index (κ2) is 7.58. The monoisotopic (exact) mass is 474 g/mol. The van der Waals surface area contributed by atoms with Crippen molar-refractivity contribution in [2.45, 2.75) is 37.6 Å². The maximum atomic E-state index is 14.3. The Morgan fingerprint density at radius 3 is 2.69 bits per heavy atom. The van der Waals surface area contributed by atoms with Gasteiger partial charge in [-0.05, 0) is 43.2 Å². The lowest BCUT2D eigenvalue weighted by molar-refractivity contribution is -0.137. The van der Waals surface area contributed by atoms with Crippen LogP contribution < -0.4 is 11.1 Å². The van der Waals surface area contributed by atoms with Crippen LogP contribution in [0.25, 0.3) is 0 Å². The summed E-state index contributed by atoms with van der Waals surface area (Å²) < 4.78 is 72.2. The maximum absolute atomic E-state index is 14.3. The van der Waals surface area contributed by atoms with E-state index in [0.29, 0.717) is 12.6 Å². The van der Waals surface area contributed by atoms with Gasteiger partial charge < -0.3 is 15.8 Å². The summed E-state index contributed by atoms with van der Waals surface area (Å²) in [6.07, 6.45) is -7.20. The van der Waals surface area contributed by atoms with E-state index in [0.717, 1.165) is 6.07 Å². The highest BCUT2D eigenvalue weighted by atomic mass is 35.5. The van der Waals surface area contributed by atoms with Crippen LogP contribution in [0.5, 0.6) is 0 Å². The van der Waals surface area contributed by atoms with Crippen LogP contribution in [0.1, 0.15) is 33.6 Å². The molecular formula is C20H16ClF5N4O2. The highest BCUT2D eigenvalue weighted by Crippen LogP contribution is 2.57. The summed E-state index contributed by atoms with van der Waals surface area (Å²) in [5.41, 5.74) is 2.38. The first-order valence-electron chi connectivity index (χ1n) is 9.39. The molecule has 2 aliphatic rings. The Labute approximate surface area is 183 Å². The molecular weight excluding hydrogens is 459 g/mol. The summed E-state index contributed by atoms with van der Waals surface area (Å²) in [6, 6.07) is 4.37. The maximum Gasteiger partial charge on any atom is 0.417 e. The number of amidine groups is 1. The Kier molecular flexibility index (Phi) is 5.27. The topological polar surface area (TPSA) is 89.6 Å². The molecule has 1 aliphatic carbocycles. The molecule has 4 rings (SSSR count). The number of halogens is 6. The SMILES string of the molecule is Cc1cc(C(F)(F)F)cnc1C(=O)Nc1ccc(Cl)c([C@@]2(C(F)F)N=C(N)O[C@@H]3C[C@@H]32)c1. The average molecular weight is 475 g/mol. The van der Waals surface area contributed by atoms with Gasteiger partial charge in [0.1, 0.15) is 11.8 Å². The molecule has 0 saturated heterocycles. The van der Waals surface area contributed by atoms with Crippen LogP contribution in [0.4, 0.5) is 27.6 Å². The highest BCUT2D eigenvalue weighted by molar-refractivity contribution is 6.31. The molecule has 1 amide bonds. The normalized spacial score (nSPS) is 24.4. The zero-order chi connectivity index (χ0) is 23.4. The van der Waals surface area contributed by atoms with Gasteiger partial charge in [-0.15, -0.1) is 0 Å². The van der Waals surface area contributed by atoms with Gasteiger partial charge in [-0.1, -0.05) is 11.6 Å². The van der Waals surface area contributed by atoms with Crippen LogP contribution >= 0.6 is 11.6 Å². The Morgan fingerprint density at radius 2 is 2.06 bits per heavy atom. The number of ether oxygens (including phenoxy) is 1. The first-order chi connectivity index (χ1) is 14.9. The van der Waals surface area contributed by atoms with E-state index in [1.807, 2.05) is 0 Å². The Balaban J connectivity index is 1.67. The van der Waals surface area contributed by atoms with Crippen LogP contribution in [-0.2, 0) is 16.5 Å². The van der Waals surface area contributed by atoms with E-state index >= 15 is 0 Å². The predicted octanol–water partition coefficient (Wildman–Crippen LogP) is 4.51. The van der Waals surface area contributed by atoms with Crippen molar-refractivity contribution in [1.29, 1.82) is 0 Å². The molecule has 1 fully saturated rings. The number of rotatable bonds is 4. The van der Waals surface area contributed by atoms with Gasteiger partial charge >= 0.3 is 6.18 Å². The number of carbonyl (C=O) groups is 1. The molecule has 1 aromatic heterocycles. The molecule has 0 bridgehead atoms. The summed E-state index contributed by atoms with van der Waals surface area (Å²) >= 11 is 6.22. The zero-order valence-corrected chi connectivity index (χ0v) is 17.1. The molecule has 3 atom stereocenters. The van der Waals surface area contributed by atoms with Crippen molar-refractivity contribution in [3.05, 3.63) is 57.9 Å². The van der Waals surface area contributed by atoms with Crippen molar-refractivity contribution in [3.8, 4) is 0 Å². The number of anilines is 1. The number of nitrogens with one attached hydrogen (secondary N) is 1. The van der Waals surface area contributed by atoms with Gasteiger partial charge in [0.2, 0.25) is 0 Å². The molecule has 1 aliphatic heterocycles. The van der Waals surface area contributed by atoms with Gasteiger partial charge in [0.15, 0.2) is 5.54 Å². The first kappa shape index (κ1) is 22.3. The number of alkyl halides is 5. The van der Waals surface area contributed by atoms with Crippen molar-refractivity contribution < 1.29 is 31.5 Å². The van der Waals surface area contributed by atoms with Crippen molar-refractivity contribution >= 4 is 29.2 Å². The minimum atomic E-state index is -4.60. The molecule has 3 N–H and O–H groups in total. The predicted molar refractivity (Wildman–Crippen MR) is 106 cm³/mol. The molecule has 6 nitrogen and oxygen atoms in total. The lowest BCUT2D eigenvalue weighted by Gasteiger charge is -2.33. The van der Waals surface area contributed by atoms with Gasteiger partial charge in [0.25, 0.3) is 18.4 Å². The van der Waals surface area contributed by atoms with E-state index < -0.39 is 41.6 Å². The largest absolute Gasteiger partial charge is 0.462 e. The number of nitrogens with two attached hydrogens (primary N) is 1. The van der Waals surface area contributed by atoms with E-state index in [-0.39, 0.29) is 33.6 Å². The quantitative estimate of drug-likeness (QED) is 0.638. The summed E-state index contributed by atoms with van der Waals surface area (Å²) in [7, 11) is 0. The van der Waals surface area contributed by atoms with Crippen LogP contribution in [0.2, 0.25) is 5.02 Å². The van der Waals surface area contributed by atoms with Crippen LogP contribution in [0, 0.1) is 12.8 Å². The summed E-state index contributed by atoms with van der Waals surface area (Å²) in [5, 5.41) is 2.46. The first-order valence-corrected chi connectivity index (χ1v) is 9.76. The molecule has 2 heterocycles. The van der Waals surface area contributed by atoms with Gasteiger partial charge in [0, 0.05) is 28.4 Å². The molecule has 12 heteroatoms. The van der Waals surface area contributed by atoms with Crippen LogP contribution in [0.3, 0.4) is 0 Å². The van der Waals surface area contributed by atoms with Crippen molar-refractivity contribution in [3.63, 3.8) is 0 Å². The zero-order valence-electron chi connectivity index (χ0n) is 16.4. The van der Waals surface area contributed by atoms with Crippen molar-refractivity contribution in [2.75, 3.05) is 5.32 Å². The number of hydrogen-bond acceptors (Lipinski definition) is 5. The van der Waals surface area contributed by atoms with Crippen molar-refractivity contribution in [1.82, 2.24) is 4.98 Å². The van der Waals surface area contributed by atoms with E-state index in [1.54, 1.807) is 0 Å². The number of hydrogen-bond donors (Lipinski definition) is 2. The number of aryl methyl sites for hydroxylation is 1. The number of benzene rings is 1. The summed E-state index contributed by atoms with van der Waals surface area (Å²) in [5.74, 6) is -1.45. The minimum Gasteiger partial charge on any atom is -0.462 e. The molecule has 1 saturated carbocycles. The molecule has 170 valence electrons. The van der Waals surface area contributed by atoms with E-state index in [4.69, 9.17) is 22.1 Å². The fourth-order valence-electron chi connectivity index (χ4n) is 3.87. The van der Waals surface area contributed by atoms with Gasteiger partial charge in [-0.25, -0.2) is 13.8 Å². The number of fused-ring (bicyclic) bond motifs is 1. The summed E-state index contributed by atoms with van der Waals surface area (Å²) in [6.45, 7) is 1.31. The molecule has 0 spiro atoms. The second-order valence-corrected chi connectivity index (χ2v) is 8.02. The lowest BCUT2D eigenvalue weighted by atomic mass is 9.84. The number of pyridine rings is 1. The fraction of sp³-hybridized carbons (Fsp3) is 0.350. The minimum absolute atomic E-state index is 0.00168. The number of nitrogens with zero attached hydrogens (tertiary/aromatic N) is 2. The second-order valence-electron chi connectivity index (χ2n) is 7.61.